The van der Waals surface area contributed by atoms with Crippen molar-refractivity contribution >= 4 is 11.9 Å². The molecule has 0 bridgehead atoms. The Kier molecular flexibility index (Phi) is 5.88. The number of esters is 1. The SMILES string of the molecule is CNC(=O)CCNC(C)C(=O)OC. The Balaban J connectivity index is 3.53. The molecule has 0 radical (unpaired) electrons. The first-order chi connectivity index (χ1) is 6.11. The highest BCUT2D eigenvalue weighted by molar-refractivity contribution is 5.76. The van der Waals surface area contributed by atoms with Gasteiger partial charge in [0, 0.05) is 20.0 Å². The third kappa shape index (κ3) is 5.19. The van der Waals surface area contributed by atoms with Crippen LogP contribution in [0.2, 0.25) is 0 Å². The van der Waals surface area contributed by atoms with Crippen LogP contribution in [0.25, 0.3) is 0 Å². The van der Waals surface area contributed by atoms with E-state index in [1.54, 1.807) is 14.0 Å². The normalized spacial score (nSPS) is 11.9. The van der Waals surface area contributed by atoms with E-state index in [0.717, 1.165) is 0 Å². The van der Waals surface area contributed by atoms with E-state index in [1.807, 2.05) is 0 Å². The van der Waals surface area contributed by atoms with E-state index in [0.29, 0.717) is 13.0 Å². The van der Waals surface area contributed by atoms with Crippen molar-refractivity contribution in [3.63, 3.8) is 0 Å². The first kappa shape index (κ1) is 11.9. The molecule has 0 saturated carbocycles. The highest BCUT2D eigenvalue weighted by Gasteiger charge is 2.11. The molecule has 2 N–H and O–H groups in total. The summed E-state index contributed by atoms with van der Waals surface area (Å²) in [5.41, 5.74) is 0. The zero-order chi connectivity index (χ0) is 10.3. The van der Waals surface area contributed by atoms with Gasteiger partial charge in [0.05, 0.1) is 7.11 Å². The molecule has 5 heteroatoms. The second kappa shape index (κ2) is 6.42. The number of rotatable bonds is 5. The van der Waals surface area contributed by atoms with Gasteiger partial charge in [-0.15, -0.1) is 0 Å². The third-order valence-corrected chi connectivity index (χ3v) is 1.64. The van der Waals surface area contributed by atoms with Gasteiger partial charge in [-0.1, -0.05) is 0 Å². The summed E-state index contributed by atoms with van der Waals surface area (Å²) in [6.45, 7) is 2.16. The van der Waals surface area contributed by atoms with Crippen molar-refractivity contribution in [2.45, 2.75) is 19.4 Å². The average Bonchev–Trinajstić information content (AvgIpc) is 2.15. The lowest BCUT2D eigenvalue weighted by Gasteiger charge is -2.10. The smallest absolute Gasteiger partial charge is 0.322 e. The molecule has 1 atom stereocenters. The fourth-order valence-corrected chi connectivity index (χ4v) is 0.787. The topological polar surface area (TPSA) is 67.4 Å². The van der Waals surface area contributed by atoms with E-state index >= 15 is 0 Å². The van der Waals surface area contributed by atoms with E-state index in [2.05, 4.69) is 15.4 Å². The van der Waals surface area contributed by atoms with Crippen LogP contribution in [0.15, 0.2) is 0 Å². The quantitative estimate of drug-likeness (QED) is 0.558. The van der Waals surface area contributed by atoms with Gasteiger partial charge in [-0.05, 0) is 6.92 Å². The number of carbonyl (C=O) groups excluding carboxylic acids is 2. The van der Waals surface area contributed by atoms with Crippen molar-refractivity contribution in [3.05, 3.63) is 0 Å². The lowest BCUT2D eigenvalue weighted by molar-refractivity contribution is -0.142. The number of hydrogen-bond donors (Lipinski definition) is 2. The van der Waals surface area contributed by atoms with E-state index in [1.165, 1.54) is 7.11 Å². The molecular weight excluding hydrogens is 172 g/mol. The maximum atomic E-state index is 10.9. The van der Waals surface area contributed by atoms with Crippen molar-refractivity contribution in [1.29, 1.82) is 0 Å². The van der Waals surface area contributed by atoms with Crippen LogP contribution in [0.3, 0.4) is 0 Å². The van der Waals surface area contributed by atoms with Crippen LogP contribution < -0.4 is 10.6 Å². The van der Waals surface area contributed by atoms with Gasteiger partial charge in [-0.25, -0.2) is 0 Å². The number of nitrogens with one attached hydrogen (secondary N) is 2. The van der Waals surface area contributed by atoms with Crippen molar-refractivity contribution in [2.75, 3.05) is 20.7 Å². The highest BCUT2D eigenvalue weighted by atomic mass is 16.5. The summed E-state index contributed by atoms with van der Waals surface area (Å²) in [5, 5.41) is 5.35. The number of ether oxygens (including phenoxy) is 1. The predicted octanol–water partition coefficient (Wildman–Crippen LogP) is -0.726. The van der Waals surface area contributed by atoms with Gasteiger partial charge in [0.25, 0.3) is 0 Å². The van der Waals surface area contributed by atoms with Gasteiger partial charge in [-0.2, -0.15) is 0 Å². The van der Waals surface area contributed by atoms with Crippen LogP contribution in [0.5, 0.6) is 0 Å². The average molecular weight is 188 g/mol. The summed E-state index contributed by atoms with van der Waals surface area (Å²) < 4.78 is 4.49. The molecule has 0 aliphatic heterocycles. The Morgan fingerprint density at radius 3 is 2.54 bits per heavy atom. The standard InChI is InChI=1S/C8H16N2O3/c1-6(8(12)13-3)10-5-4-7(11)9-2/h6,10H,4-5H2,1-3H3,(H,9,11). The van der Waals surface area contributed by atoms with Crippen LogP contribution >= 0.6 is 0 Å². The first-order valence-corrected chi connectivity index (χ1v) is 4.13. The molecule has 0 aliphatic rings. The molecule has 0 rings (SSSR count). The van der Waals surface area contributed by atoms with Crippen molar-refractivity contribution in [1.82, 2.24) is 10.6 Å². The Morgan fingerprint density at radius 2 is 2.08 bits per heavy atom. The molecule has 0 aliphatic carbocycles. The fraction of sp³-hybridized carbons (Fsp3) is 0.750. The molecule has 0 aromatic carbocycles. The maximum Gasteiger partial charge on any atom is 0.322 e. The Hall–Kier alpha value is -1.10. The summed E-state index contributed by atoms with van der Waals surface area (Å²) in [5.74, 6) is -0.374. The molecule has 0 spiro atoms. The Morgan fingerprint density at radius 1 is 1.46 bits per heavy atom. The molecule has 13 heavy (non-hydrogen) atoms. The highest BCUT2D eigenvalue weighted by Crippen LogP contribution is 1.86. The van der Waals surface area contributed by atoms with Gasteiger partial charge in [-0.3, -0.25) is 9.59 Å². The predicted molar refractivity (Wildman–Crippen MR) is 48.2 cm³/mol. The molecule has 0 aromatic rings. The van der Waals surface area contributed by atoms with Crippen LogP contribution in [-0.4, -0.2) is 38.6 Å². The minimum Gasteiger partial charge on any atom is -0.468 e. The number of methoxy groups -OCH3 is 1. The number of carbonyl (C=O) groups is 2. The molecule has 0 fully saturated rings. The molecule has 0 aromatic heterocycles. The minimum atomic E-state index is -0.366. The van der Waals surface area contributed by atoms with Gasteiger partial charge >= 0.3 is 5.97 Å². The van der Waals surface area contributed by atoms with Gasteiger partial charge in [0.2, 0.25) is 5.91 Å². The molecule has 0 saturated heterocycles. The fourth-order valence-electron chi connectivity index (χ4n) is 0.787. The second-order valence-electron chi connectivity index (χ2n) is 2.62. The largest absolute Gasteiger partial charge is 0.468 e. The van der Waals surface area contributed by atoms with E-state index < -0.39 is 0 Å². The summed E-state index contributed by atoms with van der Waals surface area (Å²) in [4.78, 5) is 21.6. The minimum absolute atomic E-state index is 0.0513. The van der Waals surface area contributed by atoms with Crippen molar-refractivity contribution in [3.8, 4) is 0 Å². The number of hydrogen-bond acceptors (Lipinski definition) is 4. The first-order valence-electron chi connectivity index (χ1n) is 4.13. The van der Waals surface area contributed by atoms with Crippen LogP contribution in [0.1, 0.15) is 13.3 Å². The van der Waals surface area contributed by atoms with E-state index in [-0.39, 0.29) is 17.9 Å². The van der Waals surface area contributed by atoms with E-state index in [4.69, 9.17) is 0 Å². The monoisotopic (exact) mass is 188 g/mol. The second-order valence-corrected chi connectivity index (χ2v) is 2.62. The molecule has 0 heterocycles. The summed E-state index contributed by atoms with van der Waals surface area (Å²) in [6.07, 6.45) is 0.359. The van der Waals surface area contributed by atoms with Crippen molar-refractivity contribution in [2.24, 2.45) is 0 Å². The van der Waals surface area contributed by atoms with Gasteiger partial charge in [0.1, 0.15) is 6.04 Å². The molecule has 1 unspecified atom stereocenters. The lowest BCUT2D eigenvalue weighted by atomic mass is 10.3. The molecule has 5 nitrogen and oxygen atoms in total. The van der Waals surface area contributed by atoms with Crippen LogP contribution in [-0.2, 0) is 14.3 Å². The Bertz CT molecular complexity index is 182. The third-order valence-electron chi connectivity index (χ3n) is 1.64. The zero-order valence-electron chi connectivity index (χ0n) is 8.22. The van der Waals surface area contributed by atoms with Gasteiger partial charge in [0.15, 0.2) is 0 Å². The lowest BCUT2D eigenvalue weighted by Crippen LogP contribution is -2.37. The van der Waals surface area contributed by atoms with E-state index in [9.17, 15) is 9.59 Å². The molecule has 76 valence electrons. The summed E-state index contributed by atoms with van der Waals surface area (Å²) >= 11 is 0. The summed E-state index contributed by atoms with van der Waals surface area (Å²) in [6, 6.07) is -0.366. The van der Waals surface area contributed by atoms with Crippen LogP contribution in [0.4, 0.5) is 0 Å². The molecular formula is C8H16N2O3. The van der Waals surface area contributed by atoms with Crippen LogP contribution in [0, 0.1) is 0 Å². The van der Waals surface area contributed by atoms with Crippen molar-refractivity contribution < 1.29 is 14.3 Å². The zero-order valence-corrected chi connectivity index (χ0v) is 8.22. The number of amides is 1. The summed E-state index contributed by atoms with van der Waals surface area (Å²) in [7, 11) is 2.91. The van der Waals surface area contributed by atoms with Gasteiger partial charge < -0.3 is 15.4 Å². The maximum absolute atomic E-state index is 10.9. The Labute approximate surface area is 77.8 Å². The molecule has 1 amide bonds.